The molecule has 2 aromatic carbocycles. The molecule has 0 saturated carbocycles. The predicted octanol–water partition coefficient (Wildman–Crippen LogP) is 9.14. The zero-order valence-corrected chi connectivity index (χ0v) is 36.4. The van der Waals surface area contributed by atoms with Gasteiger partial charge >= 0.3 is 30.8 Å². The molecule has 2 aromatic heterocycles. The van der Waals surface area contributed by atoms with Crippen LogP contribution < -0.4 is 14.8 Å². The van der Waals surface area contributed by atoms with Gasteiger partial charge in [0, 0.05) is 76.6 Å². The van der Waals surface area contributed by atoms with E-state index in [1.54, 1.807) is 22.8 Å². The zero-order valence-electron chi connectivity index (χ0n) is 34.7. The highest BCUT2D eigenvalue weighted by molar-refractivity contribution is 7.14. The third-order valence-corrected chi connectivity index (χ3v) is 11.5. The average Bonchev–Trinajstić information content (AvgIpc) is 3.90. The first-order valence-electron chi connectivity index (χ1n) is 19.4. The molecule has 4 aromatic rings. The first-order valence-corrected chi connectivity index (χ1v) is 21.2. The van der Waals surface area contributed by atoms with Crippen LogP contribution in [0.25, 0.3) is 20.9 Å². The molecule has 2 N–H and O–H groups in total. The molecule has 11 nitrogen and oxygen atoms in total. The maximum atomic E-state index is 12.7. The number of aliphatic hydroxyl groups excluding tert-OH is 1. The summed E-state index contributed by atoms with van der Waals surface area (Å²) in [5, 5.41) is 14.6. The van der Waals surface area contributed by atoms with E-state index < -0.39 is 43.0 Å². The number of hydrogen-bond donors (Lipinski definition) is 2. The van der Waals surface area contributed by atoms with Crippen LogP contribution in [-0.2, 0) is 27.4 Å². The molecule has 0 bridgehead atoms. The topological polar surface area (TPSA) is 121 Å². The lowest BCUT2D eigenvalue weighted by molar-refractivity contribution is -0.309. The molecule has 2 saturated heterocycles. The third-order valence-electron chi connectivity index (χ3n) is 9.69. The molecule has 0 unspecified atom stereocenters. The van der Waals surface area contributed by atoms with E-state index >= 15 is 0 Å². The van der Waals surface area contributed by atoms with Crippen LogP contribution in [0.5, 0.6) is 11.5 Å². The summed E-state index contributed by atoms with van der Waals surface area (Å²) in [5.41, 5.74) is 6.36. The fourth-order valence-electron chi connectivity index (χ4n) is 6.48. The molecule has 4 heterocycles. The molecule has 25 heteroatoms. The van der Waals surface area contributed by atoms with Crippen molar-refractivity contribution in [2.45, 2.75) is 63.9 Å². The molecular formula is C41H42F12N4O7S2. The molecule has 0 radical (unpaired) electrons. The third kappa shape index (κ3) is 15.6. The van der Waals surface area contributed by atoms with Crippen molar-refractivity contribution in [3.63, 3.8) is 0 Å². The standard InChI is InChI=1S/C21H20F6N2O4S.C17H20N2O2S.C3H2F6O/c1-13-2-3-14(15(10-13)17-16(32-12-30)4-9-34-17)11-28-5-7-29(8-6-28)19(31)33-18(20(22,23)24)21(25,26)27;1-13-2-3-14(11-19-7-5-18-6-8-19)15(10-13)17-16(21-12-20)4-9-22-17;4-2(5,6)1(10)3(7,8)9/h2-4,9-10,12,18H,5-8,11H2,1H3;2-4,9-10,12,18H,5-8,11H2,1H3;1,10H. The summed E-state index contributed by atoms with van der Waals surface area (Å²) in [4.78, 5) is 40.4. The lowest BCUT2D eigenvalue weighted by atomic mass is 10.0. The second-order valence-electron chi connectivity index (χ2n) is 14.6. The number of thiophene rings is 2. The number of ether oxygens (including phenoxy) is 3. The molecular weight excluding hydrogens is 953 g/mol. The van der Waals surface area contributed by atoms with Crippen LogP contribution in [-0.4, -0.2) is 128 Å². The van der Waals surface area contributed by atoms with Crippen molar-refractivity contribution in [1.29, 1.82) is 0 Å². The highest BCUT2D eigenvalue weighted by atomic mass is 32.1. The van der Waals surface area contributed by atoms with Gasteiger partial charge in [0.25, 0.3) is 19.0 Å². The van der Waals surface area contributed by atoms with Crippen LogP contribution in [0.4, 0.5) is 57.5 Å². The highest BCUT2D eigenvalue weighted by Gasteiger charge is 2.60. The van der Waals surface area contributed by atoms with Crippen LogP contribution in [0.1, 0.15) is 22.3 Å². The highest BCUT2D eigenvalue weighted by Crippen LogP contribution is 2.40. The van der Waals surface area contributed by atoms with Gasteiger partial charge in [-0.15, -0.1) is 22.7 Å². The van der Waals surface area contributed by atoms with E-state index in [4.69, 9.17) is 14.6 Å². The normalized spacial score (nSPS) is 15.4. The number of amides is 1. The summed E-state index contributed by atoms with van der Waals surface area (Å²) >= 11 is 3.00. The first kappa shape index (κ1) is 53.7. The first-order chi connectivity index (χ1) is 30.8. The van der Waals surface area contributed by atoms with Gasteiger partial charge in [-0.2, -0.15) is 52.7 Å². The quantitative estimate of drug-likeness (QED) is 0.111. The molecule has 364 valence electrons. The van der Waals surface area contributed by atoms with Gasteiger partial charge in [0.2, 0.25) is 6.10 Å². The lowest BCUT2D eigenvalue weighted by Gasteiger charge is -2.35. The minimum atomic E-state index is -5.76. The van der Waals surface area contributed by atoms with Crippen LogP contribution in [0.3, 0.4) is 0 Å². The number of piperazine rings is 2. The molecule has 0 spiro atoms. The van der Waals surface area contributed by atoms with E-state index in [0.29, 0.717) is 31.0 Å². The van der Waals surface area contributed by atoms with E-state index in [1.165, 1.54) is 28.0 Å². The van der Waals surface area contributed by atoms with Crippen LogP contribution in [0, 0.1) is 13.8 Å². The number of hydrogen-bond acceptors (Lipinski definition) is 12. The number of nitrogens with one attached hydrogen (secondary N) is 1. The second kappa shape index (κ2) is 23.2. The Kier molecular flexibility index (Phi) is 18.8. The van der Waals surface area contributed by atoms with Crippen molar-refractivity contribution in [3.05, 3.63) is 81.5 Å². The number of carbonyl (C=O) groups excluding carboxylic acids is 3. The van der Waals surface area contributed by atoms with E-state index in [-0.39, 0.29) is 26.2 Å². The van der Waals surface area contributed by atoms with Crippen LogP contribution in [0.15, 0.2) is 59.3 Å². The molecule has 66 heavy (non-hydrogen) atoms. The number of alkyl halides is 12. The number of aliphatic hydroxyl groups is 1. The minimum absolute atomic E-state index is 0.0963. The average molecular weight is 995 g/mol. The van der Waals surface area contributed by atoms with Crippen molar-refractivity contribution in [1.82, 2.24) is 20.0 Å². The van der Waals surface area contributed by atoms with Crippen molar-refractivity contribution in [2.24, 2.45) is 0 Å². The van der Waals surface area contributed by atoms with Crippen LogP contribution in [0.2, 0.25) is 0 Å². The molecule has 6 rings (SSSR count). The van der Waals surface area contributed by atoms with Crippen molar-refractivity contribution < 1.29 is 86.4 Å². The van der Waals surface area contributed by atoms with Crippen molar-refractivity contribution in [2.75, 3.05) is 52.4 Å². The summed E-state index contributed by atoms with van der Waals surface area (Å²) < 4.78 is 156. The van der Waals surface area contributed by atoms with Gasteiger partial charge in [0.05, 0.1) is 9.75 Å². The van der Waals surface area contributed by atoms with E-state index in [9.17, 15) is 67.1 Å². The number of benzene rings is 2. The number of aryl methyl sites for hydroxylation is 2. The van der Waals surface area contributed by atoms with E-state index in [2.05, 4.69) is 40.1 Å². The molecule has 0 aliphatic carbocycles. The summed E-state index contributed by atoms with van der Waals surface area (Å²) in [6.45, 7) is 10.6. The largest absolute Gasteiger partial charge is 0.434 e. The van der Waals surface area contributed by atoms with Gasteiger partial charge in [-0.25, -0.2) is 4.79 Å². The Balaban J connectivity index is 0.000000253. The fourth-order valence-corrected chi connectivity index (χ4v) is 8.23. The number of nitrogens with zero attached hydrogens (tertiary/aromatic N) is 3. The van der Waals surface area contributed by atoms with E-state index in [0.717, 1.165) is 64.1 Å². The Hall–Kier alpha value is -4.95. The molecule has 1 amide bonds. The molecule has 2 aliphatic heterocycles. The lowest BCUT2D eigenvalue weighted by Crippen LogP contribution is -2.52. The Bertz CT molecular complexity index is 2170. The summed E-state index contributed by atoms with van der Waals surface area (Å²) in [6.07, 6.45) is -32.8. The van der Waals surface area contributed by atoms with Gasteiger partial charge in [-0.05, 0) is 47.9 Å². The number of rotatable bonds is 11. The predicted molar refractivity (Wildman–Crippen MR) is 218 cm³/mol. The summed E-state index contributed by atoms with van der Waals surface area (Å²) in [5.74, 6) is 1.05. The molecule has 0 atom stereocenters. The summed E-state index contributed by atoms with van der Waals surface area (Å²) in [7, 11) is 0. The maximum absolute atomic E-state index is 12.7. The van der Waals surface area contributed by atoms with Gasteiger partial charge in [0.1, 0.15) is 11.5 Å². The molecule has 2 aliphatic rings. The van der Waals surface area contributed by atoms with Crippen molar-refractivity contribution >= 4 is 41.7 Å². The fraction of sp³-hybridized carbons (Fsp3) is 0.439. The van der Waals surface area contributed by atoms with E-state index in [1.807, 2.05) is 41.5 Å². The van der Waals surface area contributed by atoms with Crippen LogP contribution >= 0.6 is 22.7 Å². The van der Waals surface area contributed by atoms with Crippen molar-refractivity contribution in [3.8, 4) is 32.4 Å². The number of carbonyl (C=O) groups is 3. The molecule has 2 fully saturated rings. The van der Waals surface area contributed by atoms with Gasteiger partial charge in [0.15, 0.2) is 0 Å². The Morgan fingerprint density at radius 1 is 0.652 bits per heavy atom. The second-order valence-corrected chi connectivity index (χ2v) is 16.4. The smallest absolute Gasteiger partial charge is 0.427 e. The van der Waals surface area contributed by atoms with Gasteiger partial charge in [-0.1, -0.05) is 47.5 Å². The zero-order chi connectivity index (χ0) is 49.0. The Labute approximate surface area is 377 Å². The Morgan fingerprint density at radius 2 is 1.06 bits per heavy atom. The summed E-state index contributed by atoms with van der Waals surface area (Å²) in [6, 6.07) is 15.8. The maximum Gasteiger partial charge on any atom is 0.434 e. The Morgan fingerprint density at radius 3 is 1.42 bits per heavy atom. The number of halogens is 12. The SMILES string of the molecule is Cc1ccc(CN2CCN(C(=O)OC(C(F)(F)F)C(F)(F)F)CC2)c(-c2sccc2OC=O)c1.Cc1ccc(CN2CCNCC2)c(-c2sccc2OC=O)c1.OC(C(F)(F)F)C(F)(F)F. The minimum Gasteiger partial charge on any atom is -0.427 e. The van der Waals surface area contributed by atoms with Gasteiger partial charge in [-0.3, -0.25) is 19.4 Å². The monoisotopic (exact) mass is 994 g/mol. The van der Waals surface area contributed by atoms with Gasteiger partial charge < -0.3 is 29.5 Å².